The average molecular weight is 456 g/mol. The van der Waals surface area contributed by atoms with E-state index in [9.17, 15) is 4.79 Å². The zero-order valence-corrected chi connectivity index (χ0v) is 19.1. The van der Waals surface area contributed by atoms with E-state index in [1.54, 1.807) is 6.07 Å². The Labute approximate surface area is 197 Å². The van der Waals surface area contributed by atoms with Crippen LogP contribution in [0.15, 0.2) is 60.9 Å². The van der Waals surface area contributed by atoms with E-state index in [0.29, 0.717) is 37.7 Å². The minimum atomic E-state index is -0.0125. The Morgan fingerprint density at radius 1 is 0.941 bits per heavy atom. The lowest BCUT2D eigenvalue weighted by molar-refractivity contribution is 0.0746. The van der Waals surface area contributed by atoms with Crippen molar-refractivity contribution < 1.29 is 4.79 Å². The van der Waals surface area contributed by atoms with Crippen LogP contribution in [0.1, 0.15) is 21.6 Å². The molecule has 0 spiro atoms. The Bertz CT molecular complexity index is 1280. The molecule has 10 heteroatoms. The van der Waals surface area contributed by atoms with Crippen molar-refractivity contribution in [1.29, 1.82) is 0 Å². The Morgan fingerprint density at radius 2 is 1.74 bits per heavy atom. The summed E-state index contributed by atoms with van der Waals surface area (Å²) in [6.45, 7) is 6.52. The van der Waals surface area contributed by atoms with E-state index in [4.69, 9.17) is 4.98 Å². The predicted octanol–water partition coefficient (Wildman–Crippen LogP) is 2.78. The average Bonchev–Trinajstić information content (AvgIpc) is 3.40. The molecular formula is C24H25N9O. The molecular weight excluding hydrogens is 430 g/mol. The monoisotopic (exact) mass is 455 g/mol. The van der Waals surface area contributed by atoms with Gasteiger partial charge in [0.25, 0.3) is 5.91 Å². The topological polar surface area (TPSA) is 105 Å². The van der Waals surface area contributed by atoms with Gasteiger partial charge in [0, 0.05) is 49.2 Å². The second-order valence-corrected chi connectivity index (χ2v) is 8.27. The van der Waals surface area contributed by atoms with Gasteiger partial charge in [-0.05, 0) is 54.6 Å². The highest BCUT2D eigenvalue weighted by Crippen LogP contribution is 2.21. The number of hydrogen-bond acceptors (Lipinski definition) is 8. The summed E-state index contributed by atoms with van der Waals surface area (Å²) in [5.41, 5.74) is 4.43. The van der Waals surface area contributed by atoms with Crippen LogP contribution >= 0.6 is 0 Å². The van der Waals surface area contributed by atoms with E-state index in [-0.39, 0.29) is 5.91 Å². The van der Waals surface area contributed by atoms with Crippen molar-refractivity contribution in [3.63, 3.8) is 0 Å². The summed E-state index contributed by atoms with van der Waals surface area (Å²) in [6, 6.07) is 17.4. The number of carbonyl (C=O) groups excluding carboxylic acids is 1. The van der Waals surface area contributed by atoms with E-state index < -0.39 is 0 Å². The third kappa shape index (κ3) is 4.70. The number of aryl methyl sites for hydroxylation is 2. The molecule has 4 aromatic rings. The molecule has 1 aliphatic heterocycles. The molecule has 1 aliphatic rings. The molecule has 0 unspecified atom stereocenters. The van der Waals surface area contributed by atoms with Crippen molar-refractivity contribution in [2.75, 3.05) is 36.4 Å². The fraction of sp³-hybridized carbons (Fsp3) is 0.250. The Balaban J connectivity index is 1.25. The molecule has 1 fully saturated rings. The second-order valence-electron chi connectivity index (χ2n) is 8.27. The number of nitrogens with one attached hydrogen (secondary N) is 1. The zero-order valence-electron chi connectivity index (χ0n) is 19.1. The molecule has 0 aliphatic carbocycles. The zero-order chi connectivity index (χ0) is 23.5. The lowest BCUT2D eigenvalue weighted by Gasteiger charge is -2.35. The maximum Gasteiger partial charge on any atom is 0.254 e. The third-order valence-electron chi connectivity index (χ3n) is 5.72. The number of rotatable bonds is 5. The van der Waals surface area contributed by atoms with Gasteiger partial charge < -0.3 is 15.1 Å². The lowest BCUT2D eigenvalue weighted by Crippen LogP contribution is -2.49. The highest BCUT2D eigenvalue weighted by Gasteiger charge is 2.24. The Hall–Kier alpha value is -4.34. The fourth-order valence-electron chi connectivity index (χ4n) is 3.90. The molecule has 34 heavy (non-hydrogen) atoms. The molecule has 0 radical (unpaired) electrons. The lowest BCUT2D eigenvalue weighted by atomic mass is 10.1. The van der Waals surface area contributed by atoms with Crippen molar-refractivity contribution in [2.45, 2.75) is 13.8 Å². The fourth-order valence-corrected chi connectivity index (χ4v) is 3.90. The molecule has 10 nitrogen and oxygen atoms in total. The van der Waals surface area contributed by atoms with Crippen molar-refractivity contribution in [1.82, 2.24) is 35.1 Å². The van der Waals surface area contributed by atoms with Crippen LogP contribution in [0.4, 0.5) is 17.5 Å². The molecule has 172 valence electrons. The number of aromatic nitrogens is 6. The van der Waals surface area contributed by atoms with Crippen molar-refractivity contribution in [2.24, 2.45) is 0 Å². The van der Waals surface area contributed by atoms with Crippen molar-refractivity contribution in [3.8, 4) is 5.69 Å². The van der Waals surface area contributed by atoms with E-state index in [2.05, 4.69) is 49.8 Å². The number of piperazine rings is 1. The van der Waals surface area contributed by atoms with Crippen LogP contribution in [0, 0.1) is 13.8 Å². The number of benzene rings is 2. The summed E-state index contributed by atoms with van der Waals surface area (Å²) >= 11 is 0. The summed E-state index contributed by atoms with van der Waals surface area (Å²) in [6.07, 6.45) is 1.51. The number of carbonyl (C=O) groups is 1. The third-order valence-corrected chi connectivity index (χ3v) is 5.72. The van der Waals surface area contributed by atoms with Gasteiger partial charge >= 0.3 is 0 Å². The summed E-state index contributed by atoms with van der Waals surface area (Å²) in [7, 11) is 0. The summed E-state index contributed by atoms with van der Waals surface area (Å²) in [5, 5.41) is 14.6. The molecule has 1 saturated heterocycles. The van der Waals surface area contributed by atoms with Crippen LogP contribution in [0.5, 0.6) is 0 Å². The molecule has 3 heterocycles. The highest BCUT2D eigenvalue weighted by atomic mass is 16.2. The molecule has 1 amide bonds. The van der Waals surface area contributed by atoms with Gasteiger partial charge in [0.05, 0.1) is 5.69 Å². The van der Waals surface area contributed by atoms with Crippen LogP contribution in [0.25, 0.3) is 5.69 Å². The molecule has 2 aromatic carbocycles. The maximum absolute atomic E-state index is 13.1. The minimum absolute atomic E-state index is 0.0125. The first-order chi connectivity index (χ1) is 16.5. The summed E-state index contributed by atoms with van der Waals surface area (Å²) < 4.78 is 1.53. The first kappa shape index (κ1) is 21.5. The number of tetrazole rings is 1. The van der Waals surface area contributed by atoms with Gasteiger partial charge in [0.15, 0.2) is 0 Å². The number of nitrogens with zero attached hydrogens (tertiary/aromatic N) is 8. The van der Waals surface area contributed by atoms with E-state index in [1.807, 2.05) is 48.2 Å². The molecule has 2 aromatic heterocycles. The highest BCUT2D eigenvalue weighted by molar-refractivity contribution is 5.95. The molecule has 1 N–H and O–H groups in total. The molecule has 5 rings (SSSR count). The standard InChI is InChI=1S/C24H25N9O/c1-17-6-8-20(9-7-17)27-22-14-18(2)26-24(28-22)32-12-10-31(11-13-32)23(34)19-4-3-5-21(15-19)33-16-25-29-30-33/h3-9,14-16H,10-13H2,1-2H3,(H,26,27,28). The number of hydrogen-bond donors (Lipinski definition) is 1. The normalized spacial score (nSPS) is 13.7. The van der Waals surface area contributed by atoms with Gasteiger partial charge in [-0.15, -0.1) is 5.10 Å². The van der Waals surface area contributed by atoms with Crippen molar-refractivity contribution in [3.05, 3.63) is 77.7 Å². The largest absolute Gasteiger partial charge is 0.340 e. The number of amides is 1. The predicted molar refractivity (Wildman–Crippen MR) is 129 cm³/mol. The van der Waals surface area contributed by atoms with E-state index in [1.165, 1.54) is 16.6 Å². The van der Waals surface area contributed by atoms with Crippen LogP contribution in [-0.4, -0.2) is 67.2 Å². The first-order valence-corrected chi connectivity index (χ1v) is 11.1. The second kappa shape index (κ2) is 9.26. The van der Waals surface area contributed by atoms with Gasteiger partial charge in [-0.25, -0.2) is 9.67 Å². The molecule has 0 bridgehead atoms. The van der Waals surface area contributed by atoms with Crippen LogP contribution in [0.3, 0.4) is 0 Å². The molecule has 0 saturated carbocycles. The van der Waals surface area contributed by atoms with E-state index >= 15 is 0 Å². The van der Waals surface area contributed by atoms with Crippen molar-refractivity contribution >= 4 is 23.4 Å². The minimum Gasteiger partial charge on any atom is -0.340 e. The van der Waals surface area contributed by atoms with Gasteiger partial charge in [0.2, 0.25) is 5.95 Å². The Morgan fingerprint density at radius 3 is 2.47 bits per heavy atom. The van der Waals surface area contributed by atoms with Gasteiger partial charge in [0.1, 0.15) is 12.1 Å². The smallest absolute Gasteiger partial charge is 0.254 e. The van der Waals surface area contributed by atoms with Gasteiger partial charge in [-0.3, -0.25) is 4.79 Å². The van der Waals surface area contributed by atoms with E-state index in [0.717, 1.165) is 22.9 Å². The quantitative estimate of drug-likeness (QED) is 0.490. The SMILES string of the molecule is Cc1ccc(Nc2cc(C)nc(N3CCN(C(=O)c4cccc(-n5cnnn5)c4)CC3)n2)cc1. The van der Waals surface area contributed by atoms with Crippen LogP contribution < -0.4 is 10.2 Å². The van der Waals surface area contributed by atoms with Gasteiger partial charge in [-0.2, -0.15) is 4.98 Å². The maximum atomic E-state index is 13.1. The van der Waals surface area contributed by atoms with Crippen LogP contribution in [0.2, 0.25) is 0 Å². The first-order valence-electron chi connectivity index (χ1n) is 11.1. The van der Waals surface area contributed by atoms with Crippen LogP contribution in [-0.2, 0) is 0 Å². The summed E-state index contributed by atoms with van der Waals surface area (Å²) in [4.78, 5) is 26.4. The molecule has 0 atom stereocenters. The number of anilines is 3. The van der Waals surface area contributed by atoms with Gasteiger partial charge in [-0.1, -0.05) is 23.8 Å². The summed E-state index contributed by atoms with van der Waals surface area (Å²) in [5.74, 6) is 1.41. The Kier molecular flexibility index (Phi) is 5.86.